The number of nitrogens with zero attached hydrogens (tertiary/aromatic N) is 4. The topological polar surface area (TPSA) is 56.8 Å². The third kappa shape index (κ3) is 4.90. The number of piperazine rings is 1. The number of thiophene rings is 1. The van der Waals surface area contributed by atoms with E-state index in [1.807, 2.05) is 46.4 Å². The molecule has 30 heavy (non-hydrogen) atoms. The highest BCUT2D eigenvalue weighted by Crippen LogP contribution is 2.24. The normalized spacial score (nSPS) is 18.3. The quantitative estimate of drug-likeness (QED) is 0.753. The van der Waals surface area contributed by atoms with Crippen LogP contribution in [-0.4, -0.2) is 77.3 Å². The first-order valence-electron chi connectivity index (χ1n) is 10.9. The molecule has 0 bridgehead atoms. The molecule has 0 saturated carbocycles. The van der Waals surface area contributed by atoms with Gasteiger partial charge in [-0.25, -0.2) is 0 Å². The fraction of sp³-hybridized carbons (Fsp3) is 0.522. The molecule has 0 atom stereocenters. The standard InChI is InChI=1S/C23H30N4O2S/c1-18-19(8-9-20(24-18)21-7-6-16-30-21)23(29)27-14-12-25(13-15-27)17-22(28)26-10-4-2-3-5-11-26/h6-9,16H,2-5,10-15,17H2,1H3. The molecule has 0 aliphatic carbocycles. The van der Waals surface area contributed by atoms with Crippen LogP contribution >= 0.6 is 11.3 Å². The molecule has 0 unspecified atom stereocenters. The Morgan fingerprint density at radius 1 is 0.933 bits per heavy atom. The number of aromatic nitrogens is 1. The third-order valence-electron chi connectivity index (χ3n) is 6.07. The first-order valence-corrected chi connectivity index (χ1v) is 11.8. The lowest BCUT2D eigenvalue weighted by Gasteiger charge is -2.35. The van der Waals surface area contributed by atoms with Gasteiger partial charge < -0.3 is 9.80 Å². The van der Waals surface area contributed by atoms with Gasteiger partial charge in [-0.15, -0.1) is 11.3 Å². The molecule has 0 radical (unpaired) electrons. The van der Waals surface area contributed by atoms with Crippen LogP contribution in [0.1, 0.15) is 41.7 Å². The second-order valence-electron chi connectivity index (χ2n) is 8.17. The first kappa shape index (κ1) is 21.0. The molecule has 7 heteroatoms. The molecule has 4 rings (SSSR count). The Kier molecular flexibility index (Phi) is 6.79. The van der Waals surface area contributed by atoms with Crippen molar-refractivity contribution in [3.8, 4) is 10.6 Å². The van der Waals surface area contributed by atoms with E-state index in [-0.39, 0.29) is 11.8 Å². The number of likely N-dealkylation sites (tertiary alicyclic amines) is 1. The summed E-state index contributed by atoms with van der Waals surface area (Å²) in [5.74, 6) is 0.275. The monoisotopic (exact) mass is 426 g/mol. The lowest BCUT2D eigenvalue weighted by Crippen LogP contribution is -2.51. The lowest BCUT2D eigenvalue weighted by atomic mass is 10.1. The van der Waals surface area contributed by atoms with E-state index < -0.39 is 0 Å². The van der Waals surface area contributed by atoms with Gasteiger partial charge >= 0.3 is 0 Å². The molecule has 0 spiro atoms. The van der Waals surface area contributed by atoms with Gasteiger partial charge in [0.2, 0.25) is 5.91 Å². The molecule has 160 valence electrons. The van der Waals surface area contributed by atoms with Crippen molar-refractivity contribution >= 4 is 23.2 Å². The van der Waals surface area contributed by atoms with Gasteiger partial charge in [-0.3, -0.25) is 19.5 Å². The number of rotatable bonds is 4. The number of pyridine rings is 1. The summed E-state index contributed by atoms with van der Waals surface area (Å²) < 4.78 is 0. The summed E-state index contributed by atoms with van der Waals surface area (Å²) in [6.45, 7) is 6.95. The van der Waals surface area contributed by atoms with Crippen LogP contribution in [0.15, 0.2) is 29.6 Å². The van der Waals surface area contributed by atoms with Crippen molar-refractivity contribution in [1.29, 1.82) is 0 Å². The fourth-order valence-electron chi connectivity index (χ4n) is 4.24. The Morgan fingerprint density at radius 3 is 2.30 bits per heavy atom. The van der Waals surface area contributed by atoms with Crippen LogP contribution < -0.4 is 0 Å². The van der Waals surface area contributed by atoms with Gasteiger partial charge in [0.15, 0.2) is 0 Å². The van der Waals surface area contributed by atoms with E-state index in [1.165, 1.54) is 12.8 Å². The van der Waals surface area contributed by atoms with Gasteiger partial charge in [0.05, 0.1) is 28.4 Å². The van der Waals surface area contributed by atoms with E-state index in [2.05, 4.69) is 9.88 Å². The van der Waals surface area contributed by atoms with Gasteiger partial charge in [-0.1, -0.05) is 18.9 Å². The van der Waals surface area contributed by atoms with Crippen molar-refractivity contribution in [2.24, 2.45) is 0 Å². The molecule has 2 aromatic rings. The van der Waals surface area contributed by atoms with Gasteiger partial charge in [-0.2, -0.15) is 0 Å². The van der Waals surface area contributed by atoms with Crippen molar-refractivity contribution in [2.75, 3.05) is 45.8 Å². The van der Waals surface area contributed by atoms with Gasteiger partial charge in [0, 0.05) is 39.3 Å². The average molecular weight is 427 g/mol. The molecular weight excluding hydrogens is 396 g/mol. The summed E-state index contributed by atoms with van der Waals surface area (Å²) >= 11 is 1.65. The SMILES string of the molecule is Cc1nc(-c2cccs2)ccc1C(=O)N1CCN(CC(=O)N2CCCCCC2)CC1. The maximum atomic E-state index is 13.0. The van der Waals surface area contributed by atoms with Crippen molar-refractivity contribution in [3.63, 3.8) is 0 Å². The second kappa shape index (κ2) is 9.71. The minimum atomic E-state index is 0.0382. The van der Waals surface area contributed by atoms with Crippen LogP contribution in [0.2, 0.25) is 0 Å². The minimum absolute atomic E-state index is 0.0382. The Labute approximate surface area is 182 Å². The molecule has 4 heterocycles. The van der Waals surface area contributed by atoms with Gasteiger partial charge in [-0.05, 0) is 43.3 Å². The summed E-state index contributed by atoms with van der Waals surface area (Å²) in [5, 5.41) is 2.03. The molecule has 6 nitrogen and oxygen atoms in total. The van der Waals surface area contributed by atoms with Gasteiger partial charge in [0.25, 0.3) is 5.91 Å². The number of carbonyl (C=O) groups excluding carboxylic acids is 2. The molecule has 0 aromatic carbocycles. The number of carbonyl (C=O) groups is 2. The van der Waals surface area contributed by atoms with E-state index in [0.29, 0.717) is 25.2 Å². The van der Waals surface area contributed by atoms with Crippen LogP contribution in [0, 0.1) is 6.92 Å². The molecular formula is C23H30N4O2S. The number of aryl methyl sites for hydroxylation is 1. The van der Waals surface area contributed by atoms with Crippen molar-refractivity contribution < 1.29 is 9.59 Å². The molecule has 2 saturated heterocycles. The summed E-state index contributed by atoms with van der Waals surface area (Å²) in [6, 6.07) is 7.88. The van der Waals surface area contributed by atoms with Crippen LogP contribution in [-0.2, 0) is 4.79 Å². The number of amides is 2. The highest BCUT2D eigenvalue weighted by Gasteiger charge is 2.26. The van der Waals surface area contributed by atoms with Crippen LogP contribution in [0.25, 0.3) is 10.6 Å². The maximum Gasteiger partial charge on any atom is 0.255 e. The van der Waals surface area contributed by atoms with E-state index in [4.69, 9.17) is 0 Å². The summed E-state index contributed by atoms with van der Waals surface area (Å²) in [4.78, 5) is 37.5. The van der Waals surface area contributed by atoms with Gasteiger partial charge in [0.1, 0.15) is 0 Å². The fourth-order valence-corrected chi connectivity index (χ4v) is 4.93. The smallest absolute Gasteiger partial charge is 0.255 e. The van der Waals surface area contributed by atoms with Crippen LogP contribution in [0.5, 0.6) is 0 Å². The highest BCUT2D eigenvalue weighted by atomic mass is 32.1. The summed E-state index contributed by atoms with van der Waals surface area (Å²) in [6.07, 6.45) is 4.69. The highest BCUT2D eigenvalue weighted by molar-refractivity contribution is 7.13. The number of hydrogen-bond donors (Lipinski definition) is 0. The van der Waals surface area contributed by atoms with Crippen LogP contribution in [0.4, 0.5) is 0 Å². The van der Waals surface area contributed by atoms with E-state index >= 15 is 0 Å². The zero-order valence-electron chi connectivity index (χ0n) is 17.7. The largest absolute Gasteiger partial charge is 0.342 e. The number of hydrogen-bond acceptors (Lipinski definition) is 5. The molecule has 2 amide bonds. The van der Waals surface area contributed by atoms with Crippen molar-refractivity contribution in [1.82, 2.24) is 19.7 Å². The summed E-state index contributed by atoms with van der Waals surface area (Å²) in [7, 11) is 0. The van der Waals surface area contributed by atoms with E-state index in [9.17, 15) is 9.59 Å². The summed E-state index contributed by atoms with van der Waals surface area (Å²) in [5.41, 5.74) is 2.35. The predicted molar refractivity (Wildman–Crippen MR) is 120 cm³/mol. The molecule has 2 aliphatic rings. The van der Waals surface area contributed by atoms with Crippen LogP contribution in [0.3, 0.4) is 0 Å². The zero-order valence-corrected chi connectivity index (χ0v) is 18.5. The maximum absolute atomic E-state index is 13.0. The molecule has 2 aromatic heterocycles. The Bertz CT molecular complexity index is 867. The Hall–Kier alpha value is -2.25. The minimum Gasteiger partial charge on any atom is -0.342 e. The van der Waals surface area contributed by atoms with E-state index in [1.54, 1.807) is 11.3 Å². The molecule has 2 aliphatic heterocycles. The third-order valence-corrected chi connectivity index (χ3v) is 6.96. The lowest BCUT2D eigenvalue weighted by molar-refractivity contribution is -0.132. The van der Waals surface area contributed by atoms with Crippen molar-refractivity contribution in [3.05, 3.63) is 40.9 Å². The predicted octanol–water partition coefficient (Wildman–Crippen LogP) is 3.28. The Morgan fingerprint density at radius 2 is 1.67 bits per heavy atom. The molecule has 0 N–H and O–H groups in total. The second-order valence-corrected chi connectivity index (χ2v) is 9.12. The molecule has 2 fully saturated rings. The Balaban J connectivity index is 1.31. The van der Waals surface area contributed by atoms with Crippen molar-refractivity contribution in [2.45, 2.75) is 32.6 Å². The first-order chi connectivity index (χ1) is 14.6. The van der Waals surface area contributed by atoms with E-state index in [0.717, 1.165) is 55.3 Å². The average Bonchev–Trinajstić information content (AvgIpc) is 3.16. The zero-order chi connectivity index (χ0) is 20.9.